The first-order valence-electron chi connectivity index (χ1n) is 6.46. The Labute approximate surface area is 119 Å². The predicted octanol–water partition coefficient (Wildman–Crippen LogP) is 0.220. The molecule has 7 nitrogen and oxygen atoms in total. The molecule has 0 aromatic heterocycles. The van der Waals surface area contributed by atoms with E-state index in [1.165, 1.54) is 0 Å². The lowest BCUT2D eigenvalue weighted by Crippen LogP contribution is -2.47. The molecular formula is C12H22N2O5S. The number of urea groups is 1. The van der Waals surface area contributed by atoms with Gasteiger partial charge in [0, 0.05) is 12.8 Å². The summed E-state index contributed by atoms with van der Waals surface area (Å²) >= 11 is 0. The Kier molecular flexibility index (Phi) is 5.01. The van der Waals surface area contributed by atoms with Gasteiger partial charge in [0.1, 0.15) is 15.9 Å². The van der Waals surface area contributed by atoms with Crippen molar-refractivity contribution in [2.45, 2.75) is 32.7 Å². The monoisotopic (exact) mass is 306 g/mol. The van der Waals surface area contributed by atoms with Gasteiger partial charge in [-0.3, -0.25) is 0 Å². The molecule has 0 aliphatic heterocycles. The highest BCUT2D eigenvalue weighted by atomic mass is 32.2. The van der Waals surface area contributed by atoms with Gasteiger partial charge in [0.05, 0.1) is 5.75 Å². The molecule has 20 heavy (non-hydrogen) atoms. The summed E-state index contributed by atoms with van der Waals surface area (Å²) in [6.45, 7) is 4.70. The van der Waals surface area contributed by atoms with Crippen LogP contribution in [0, 0.1) is 11.3 Å². The maximum absolute atomic E-state index is 11.6. The van der Waals surface area contributed by atoms with Crippen molar-refractivity contribution in [1.29, 1.82) is 0 Å². The Morgan fingerprint density at radius 1 is 1.40 bits per heavy atom. The van der Waals surface area contributed by atoms with Crippen LogP contribution in [-0.2, 0) is 14.6 Å². The zero-order valence-electron chi connectivity index (χ0n) is 12.0. The van der Waals surface area contributed by atoms with Gasteiger partial charge in [0.2, 0.25) is 0 Å². The third kappa shape index (κ3) is 5.77. The average molecular weight is 306 g/mol. The van der Waals surface area contributed by atoms with Crippen LogP contribution >= 0.6 is 0 Å². The minimum Gasteiger partial charge on any atom is -0.480 e. The molecule has 1 aliphatic carbocycles. The molecular weight excluding hydrogens is 284 g/mol. The Morgan fingerprint density at radius 3 is 2.35 bits per heavy atom. The lowest BCUT2D eigenvalue weighted by molar-refractivity contribution is -0.139. The highest BCUT2D eigenvalue weighted by Gasteiger charge is 2.45. The standard InChI is InChI=1S/C12H22N2O5S/c1-12(2)6-8(12)7-13-11(17)14-9(10(15)16)4-5-20(3,18)19/h8-9H,4-7H2,1-3H3,(H,15,16)(H2,13,14,17). The Morgan fingerprint density at radius 2 is 1.95 bits per heavy atom. The van der Waals surface area contributed by atoms with Crippen molar-refractivity contribution in [1.82, 2.24) is 10.6 Å². The second-order valence-electron chi connectivity index (χ2n) is 6.05. The number of carboxylic acids is 1. The molecule has 0 heterocycles. The van der Waals surface area contributed by atoms with E-state index in [1.54, 1.807) is 0 Å². The number of hydrogen-bond acceptors (Lipinski definition) is 4. The summed E-state index contributed by atoms with van der Waals surface area (Å²) in [5.74, 6) is -1.11. The zero-order chi connectivity index (χ0) is 15.6. The first kappa shape index (κ1) is 16.7. The quantitative estimate of drug-likeness (QED) is 0.623. The van der Waals surface area contributed by atoms with Crippen molar-refractivity contribution in [3.63, 3.8) is 0 Å². The third-order valence-electron chi connectivity index (χ3n) is 3.61. The van der Waals surface area contributed by atoms with Crippen molar-refractivity contribution in [2.24, 2.45) is 11.3 Å². The van der Waals surface area contributed by atoms with Crippen LogP contribution in [0.15, 0.2) is 0 Å². The van der Waals surface area contributed by atoms with E-state index in [2.05, 4.69) is 24.5 Å². The van der Waals surface area contributed by atoms with E-state index < -0.39 is 27.9 Å². The average Bonchev–Trinajstić information content (AvgIpc) is 2.88. The number of sulfone groups is 1. The molecule has 0 radical (unpaired) electrons. The van der Waals surface area contributed by atoms with Gasteiger partial charge in [-0.2, -0.15) is 0 Å². The van der Waals surface area contributed by atoms with E-state index in [0.29, 0.717) is 12.5 Å². The second kappa shape index (κ2) is 5.99. The molecule has 2 unspecified atom stereocenters. The molecule has 0 aromatic rings. The van der Waals surface area contributed by atoms with Gasteiger partial charge in [-0.15, -0.1) is 0 Å². The van der Waals surface area contributed by atoms with Crippen LogP contribution in [0.3, 0.4) is 0 Å². The molecule has 0 spiro atoms. The minimum atomic E-state index is -3.25. The number of carbonyl (C=O) groups is 2. The van der Waals surface area contributed by atoms with E-state index in [-0.39, 0.29) is 17.6 Å². The van der Waals surface area contributed by atoms with Crippen molar-refractivity contribution in [3.8, 4) is 0 Å². The Bertz CT molecular complexity index is 486. The molecule has 1 aliphatic rings. The van der Waals surface area contributed by atoms with Gasteiger partial charge < -0.3 is 15.7 Å². The summed E-state index contributed by atoms with van der Waals surface area (Å²) in [5.41, 5.74) is 0.232. The molecule has 3 N–H and O–H groups in total. The maximum atomic E-state index is 11.6. The van der Waals surface area contributed by atoms with Gasteiger partial charge in [0.25, 0.3) is 0 Å². The molecule has 116 valence electrons. The van der Waals surface area contributed by atoms with Crippen LogP contribution in [0.25, 0.3) is 0 Å². The highest BCUT2D eigenvalue weighted by Crippen LogP contribution is 2.50. The van der Waals surface area contributed by atoms with E-state index in [1.807, 2.05) is 0 Å². The van der Waals surface area contributed by atoms with E-state index in [0.717, 1.165) is 12.7 Å². The van der Waals surface area contributed by atoms with Crippen LogP contribution < -0.4 is 10.6 Å². The lowest BCUT2D eigenvalue weighted by atomic mass is 10.1. The molecule has 1 rings (SSSR count). The fourth-order valence-corrected chi connectivity index (χ4v) is 2.60. The summed E-state index contributed by atoms with van der Waals surface area (Å²) < 4.78 is 22.0. The smallest absolute Gasteiger partial charge is 0.326 e. The molecule has 2 atom stereocenters. The summed E-state index contributed by atoms with van der Waals surface area (Å²) in [7, 11) is -3.25. The number of amides is 2. The molecule has 0 saturated heterocycles. The van der Waals surface area contributed by atoms with E-state index in [4.69, 9.17) is 5.11 Å². The zero-order valence-corrected chi connectivity index (χ0v) is 12.8. The fraction of sp³-hybridized carbons (Fsp3) is 0.833. The van der Waals surface area contributed by atoms with Gasteiger partial charge in [-0.25, -0.2) is 18.0 Å². The molecule has 1 saturated carbocycles. The van der Waals surface area contributed by atoms with Crippen LogP contribution in [0.4, 0.5) is 4.79 Å². The van der Waals surface area contributed by atoms with Gasteiger partial charge >= 0.3 is 12.0 Å². The normalized spacial score (nSPS) is 21.9. The van der Waals surface area contributed by atoms with Gasteiger partial charge in [0.15, 0.2) is 0 Å². The Hall–Kier alpha value is -1.31. The third-order valence-corrected chi connectivity index (χ3v) is 4.58. The van der Waals surface area contributed by atoms with Crippen LogP contribution in [-0.4, -0.2) is 50.1 Å². The largest absolute Gasteiger partial charge is 0.480 e. The Balaban J connectivity index is 2.37. The second-order valence-corrected chi connectivity index (χ2v) is 8.31. The molecule has 0 aromatic carbocycles. The summed E-state index contributed by atoms with van der Waals surface area (Å²) in [6.07, 6.45) is 1.92. The SMILES string of the molecule is CC1(C)CC1CNC(=O)NC(CCS(C)(=O)=O)C(=O)O. The maximum Gasteiger partial charge on any atom is 0.326 e. The lowest BCUT2D eigenvalue weighted by Gasteiger charge is -2.15. The number of nitrogens with one attached hydrogen (secondary N) is 2. The van der Waals surface area contributed by atoms with Crippen LogP contribution in [0.2, 0.25) is 0 Å². The first-order valence-corrected chi connectivity index (χ1v) is 8.52. The number of carbonyl (C=O) groups excluding carboxylic acids is 1. The molecule has 2 amide bonds. The van der Waals surface area contributed by atoms with Crippen LogP contribution in [0.5, 0.6) is 0 Å². The summed E-state index contributed by atoms with van der Waals surface area (Å²) in [4.78, 5) is 22.6. The first-order chi connectivity index (χ1) is 9.01. The topological polar surface area (TPSA) is 113 Å². The van der Waals surface area contributed by atoms with Crippen molar-refractivity contribution >= 4 is 21.8 Å². The number of carboxylic acid groups (broad SMARTS) is 1. The van der Waals surface area contributed by atoms with Crippen LogP contribution in [0.1, 0.15) is 26.7 Å². The number of hydrogen-bond donors (Lipinski definition) is 3. The predicted molar refractivity (Wildman–Crippen MR) is 74.2 cm³/mol. The molecule has 8 heteroatoms. The van der Waals surface area contributed by atoms with Gasteiger partial charge in [-0.1, -0.05) is 13.8 Å². The molecule has 1 fully saturated rings. The summed E-state index contributed by atoms with van der Waals surface area (Å²) in [6, 6.07) is -1.77. The highest BCUT2D eigenvalue weighted by molar-refractivity contribution is 7.90. The number of rotatable bonds is 7. The van der Waals surface area contributed by atoms with E-state index >= 15 is 0 Å². The summed E-state index contributed by atoms with van der Waals surface area (Å²) in [5, 5.41) is 13.9. The molecule has 0 bridgehead atoms. The fourth-order valence-electron chi connectivity index (χ4n) is 1.94. The van der Waals surface area contributed by atoms with Crippen molar-refractivity contribution in [3.05, 3.63) is 0 Å². The van der Waals surface area contributed by atoms with Crippen molar-refractivity contribution < 1.29 is 23.1 Å². The number of aliphatic carboxylic acids is 1. The van der Waals surface area contributed by atoms with Crippen molar-refractivity contribution in [2.75, 3.05) is 18.6 Å². The van der Waals surface area contributed by atoms with E-state index in [9.17, 15) is 18.0 Å². The van der Waals surface area contributed by atoms with Gasteiger partial charge in [-0.05, 0) is 24.2 Å². The minimum absolute atomic E-state index is 0.142.